The van der Waals surface area contributed by atoms with E-state index in [4.69, 9.17) is 0 Å². The number of rotatable bonds is 2. The van der Waals surface area contributed by atoms with Gasteiger partial charge < -0.3 is 14.7 Å². The molecular weight excluding hydrogens is 207 g/mol. The molecule has 0 spiro atoms. The number of alkyl halides is 2. The van der Waals surface area contributed by atoms with Crippen molar-refractivity contribution in [2.45, 2.75) is 12.3 Å². The minimum absolute atomic E-state index is 0.201. The average Bonchev–Trinajstić information content (AvgIpc) is 1.94. The van der Waals surface area contributed by atoms with Crippen molar-refractivity contribution < 1.29 is 32.3 Å². The van der Waals surface area contributed by atoms with Crippen molar-refractivity contribution in [1.82, 2.24) is 0 Å². The van der Waals surface area contributed by atoms with Gasteiger partial charge in [0.2, 0.25) is 0 Å². The Bertz CT molecular complexity index is 299. The maximum atomic E-state index is 12.7. The second-order valence-corrected chi connectivity index (χ2v) is 2.57. The van der Waals surface area contributed by atoms with E-state index in [0.29, 0.717) is 0 Å². The predicted molar refractivity (Wildman–Crippen MR) is 33.7 cm³/mol. The van der Waals surface area contributed by atoms with Crippen molar-refractivity contribution in [2.75, 3.05) is 0 Å². The largest absolute Gasteiger partial charge is 0.860 e. The lowest BCUT2D eigenvalue weighted by atomic mass is 10.1. The molecule has 3 nitrogen and oxygen atoms in total. The Labute approximate surface area is 76.5 Å². The maximum Gasteiger partial charge on any atom is 0.276 e. The molecule has 0 aromatic heterocycles. The van der Waals surface area contributed by atoms with Crippen LogP contribution in [0, 0.1) is 0 Å². The maximum absolute atomic E-state index is 12.7. The summed E-state index contributed by atoms with van der Waals surface area (Å²) in [6, 6.07) is 0. The molecular formula is C6H3BF4O3-2. The van der Waals surface area contributed by atoms with E-state index >= 15 is 0 Å². The summed E-state index contributed by atoms with van der Waals surface area (Å²) in [7, 11) is -2.96. The van der Waals surface area contributed by atoms with Crippen LogP contribution in [-0.2, 0) is 4.65 Å². The third kappa shape index (κ3) is 2.49. The Kier molecular flexibility index (Phi) is 2.86. The van der Waals surface area contributed by atoms with E-state index in [9.17, 15) is 27.6 Å². The van der Waals surface area contributed by atoms with Crippen molar-refractivity contribution in [3.05, 3.63) is 23.5 Å². The van der Waals surface area contributed by atoms with Crippen LogP contribution in [0.2, 0.25) is 0 Å². The van der Waals surface area contributed by atoms with Crippen molar-refractivity contribution in [3.8, 4) is 0 Å². The van der Waals surface area contributed by atoms with E-state index in [2.05, 4.69) is 4.65 Å². The van der Waals surface area contributed by atoms with Crippen molar-refractivity contribution in [1.29, 1.82) is 0 Å². The zero-order valence-electron chi connectivity index (χ0n) is 6.60. The minimum Gasteiger partial charge on any atom is -0.860 e. The molecule has 0 saturated heterocycles. The molecule has 0 saturated carbocycles. The molecule has 0 bridgehead atoms. The molecule has 0 atom stereocenters. The molecule has 14 heavy (non-hydrogen) atoms. The zero-order chi connectivity index (χ0) is 10.9. The highest BCUT2D eigenvalue weighted by Gasteiger charge is 2.36. The summed E-state index contributed by atoms with van der Waals surface area (Å²) in [5.74, 6) is -8.38. The van der Waals surface area contributed by atoms with E-state index in [1.54, 1.807) is 0 Å². The van der Waals surface area contributed by atoms with E-state index < -0.39 is 37.1 Å². The number of hydrogen-bond donors (Lipinski definition) is 0. The molecule has 0 unspecified atom stereocenters. The molecule has 1 aliphatic carbocycles. The van der Waals surface area contributed by atoms with Gasteiger partial charge in [0.05, 0.1) is 6.42 Å². The summed E-state index contributed by atoms with van der Waals surface area (Å²) in [6.07, 6.45) is -1.61. The van der Waals surface area contributed by atoms with E-state index in [-0.39, 0.29) is 6.08 Å². The normalized spacial score (nSPS) is 20.6. The van der Waals surface area contributed by atoms with Crippen LogP contribution in [0.5, 0.6) is 0 Å². The fourth-order valence-electron chi connectivity index (χ4n) is 0.935. The van der Waals surface area contributed by atoms with Crippen LogP contribution in [0.1, 0.15) is 6.42 Å². The fourth-order valence-corrected chi connectivity index (χ4v) is 0.935. The first-order valence-corrected chi connectivity index (χ1v) is 3.45. The first-order chi connectivity index (χ1) is 6.32. The zero-order valence-corrected chi connectivity index (χ0v) is 6.60. The Balaban J connectivity index is 2.91. The smallest absolute Gasteiger partial charge is 0.276 e. The molecule has 0 fully saturated rings. The van der Waals surface area contributed by atoms with Crippen LogP contribution in [0.4, 0.5) is 17.6 Å². The van der Waals surface area contributed by atoms with Crippen molar-refractivity contribution in [2.24, 2.45) is 0 Å². The number of hydrogen-bond acceptors (Lipinski definition) is 3. The third-order valence-electron chi connectivity index (χ3n) is 1.41. The van der Waals surface area contributed by atoms with Crippen molar-refractivity contribution >= 4 is 7.32 Å². The number of halogens is 4. The van der Waals surface area contributed by atoms with Gasteiger partial charge in [0.25, 0.3) is 5.92 Å². The number of allylic oxidation sites excluding steroid dienone is 3. The second kappa shape index (κ2) is 3.62. The summed E-state index contributed by atoms with van der Waals surface area (Å²) in [5, 5.41) is 19.8. The van der Waals surface area contributed by atoms with Crippen molar-refractivity contribution in [3.63, 3.8) is 0 Å². The Morgan fingerprint density at radius 1 is 1.36 bits per heavy atom. The van der Waals surface area contributed by atoms with Gasteiger partial charge in [0.15, 0.2) is 11.6 Å². The summed E-state index contributed by atoms with van der Waals surface area (Å²) >= 11 is 0. The van der Waals surface area contributed by atoms with E-state index in [1.165, 1.54) is 0 Å². The van der Waals surface area contributed by atoms with Crippen LogP contribution >= 0.6 is 0 Å². The lowest BCUT2D eigenvalue weighted by Crippen LogP contribution is -2.47. The molecule has 0 radical (unpaired) electrons. The van der Waals surface area contributed by atoms with Crippen LogP contribution < -0.4 is 10.0 Å². The van der Waals surface area contributed by atoms with Gasteiger partial charge in [-0.1, -0.05) is 0 Å². The molecule has 1 rings (SSSR count). The summed E-state index contributed by atoms with van der Waals surface area (Å²) < 4.78 is 53.8. The van der Waals surface area contributed by atoms with E-state index in [1.807, 2.05) is 0 Å². The van der Waals surface area contributed by atoms with E-state index in [0.717, 1.165) is 0 Å². The molecule has 0 aromatic carbocycles. The Hall–Kier alpha value is -1.02. The first-order valence-electron chi connectivity index (χ1n) is 3.45. The molecule has 8 heteroatoms. The molecule has 0 heterocycles. The standard InChI is InChI=1S/C6H3BF4O3/c8-3-1-6(10,11)2-4(9)5(3)14-7(12)13/h1H,2H2/q-2. The summed E-state index contributed by atoms with van der Waals surface area (Å²) in [6.45, 7) is 0. The van der Waals surface area contributed by atoms with Crippen LogP contribution in [0.25, 0.3) is 0 Å². The van der Waals surface area contributed by atoms with Crippen LogP contribution in [0.15, 0.2) is 23.5 Å². The highest BCUT2D eigenvalue weighted by Crippen LogP contribution is 2.36. The topological polar surface area (TPSA) is 55.3 Å². The molecule has 0 N–H and O–H groups in total. The van der Waals surface area contributed by atoms with Gasteiger partial charge in [-0.2, -0.15) is 0 Å². The third-order valence-corrected chi connectivity index (χ3v) is 1.41. The van der Waals surface area contributed by atoms with Gasteiger partial charge in [-0.15, -0.1) is 0 Å². The van der Waals surface area contributed by atoms with Gasteiger partial charge >= 0.3 is 0 Å². The first kappa shape index (κ1) is 11.1. The molecule has 78 valence electrons. The predicted octanol–water partition coefficient (Wildman–Crippen LogP) is -0.218. The average molecular weight is 210 g/mol. The lowest BCUT2D eigenvalue weighted by molar-refractivity contribution is -0.378. The molecule has 0 aromatic rings. The SMILES string of the molecule is [O-]B([O-])OC1=C(F)CC(F)(F)C=C1F. The van der Waals surface area contributed by atoms with Gasteiger partial charge in [0.1, 0.15) is 13.1 Å². The molecule has 0 aliphatic heterocycles. The van der Waals surface area contributed by atoms with Gasteiger partial charge in [-0.25, -0.2) is 17.6 Å². The van der Waals surface area contributed by atoms with Crippen LogP contribution in [-0.4, -0.2) is 13.2 Å². The Morgan fingerprint density at radius 3 is 2.36 bits per heavy atom. The molecule has 0 amide bonds. The second-order valence-electron chi connectivity index (χ2n) is 2.57. The highest BCUT2D eigenvalue weighted by atomic mass is 19.3. The van der Waals surface area contributed by atoms with Gasteiger partial charge in [0, 0.05) is 6.08 Å². The lowest BCUT2D eigenvalue weighted by Gasteiger charge is -2.30. The summed E-state index contributed by atoms with van der Waals surface area (Å²) in [4.78, 5) is 0. The Morgan fingerprint density at radius 2 is 1.93 bits per heavy atom. The van der Waals surface area contributed by atoms with Crippen LogP contribution in [0.3, 0.4) is 0 Å². The monoisotopic (exact) mass is 210 g/mol. The van der Waals surface area contributed by atoms with Gasteiger partial charge in [-0.3, -0.25) is 0 Å². The minimum atomic E-state index is -3.66. The quantitative estimate of drug-likeness (QED) is 0.467. The highest BCUT2D eigenvalue weighted by molar-refractivity contribution is 6.28. The molecule has 1 aliphatic rings. The fraction of sp³-hybridized carbons (Fsp3) is 0.333. The summed E-state index contributed by atoms with van der Waals surface area (Å²) in [5.41, 5.74) is 0. The van der Waals surface area contributed by atoms with Gasteiger partial charge in [-0.05, 0) is 0 Å².